The minimum Gasteiger partial charge on any atom is -0.436 e. The minimum absolute atomic E-state index is 0.0597. The van der Waals surface area contributed by atoms with E-state index in [9.17, 15) is 9.90 Å². The molecule has 0 saturated carbocycles. The maximum atomic E-state index is 11.1. The van der Waals surface area contributed by atoms with Gasteiger partial charge < -0.3 is 14.6 Å². The molecule has 1 aliphatic rings. The van der Waals surface area contributed by atoms with E-state index in [-0.39, 0.29) is 6.42 Å². The molecule has 1 aliphatic heterocycles. The van der Waals surface area contributed by atoms with Gasteiger partial charge in [-0.25, -0.2) is 0 Å². The molecule has 17 heavy (non-hydrogen) atoms. The molecule has 2 rings (SSSR count). The number of hydrogen-bond donors (Lipinski definition) is 1. The van der Waals surface area contributed by atoms with Crippen LogP contribution in [0.4, 0.5) is 0 Å². The average Bonchev–Trinajstić information content (AvgIpc) is 2.27. The summed E-state index contributed by atoms with van der Waals surface area (Å²) in [6.45, 7) is 2.39. The first kappa shape index (κ1) is 12.1. The lowest BCUT2D eigenvalue weighted by Gasteiger charge is -2.25. The first-order chi connectivity index (χ1) is 8.15. The van der Waals surface area contributed by atoms with Gasteiger partial charge in [0, 0.05) is 6.42 Å². The standard InChI is InChI=1S/C13H16O4/c1-9-4-2-3-5-10(9)8-16-13-7-11(14)6-12(15)17-13/h2-5,11,13-14H,6-8H2,1H3/t11-,13-/m1/s1. The van der Waals surface area contributed by atoms with E-state index in [0.29, 0.717) is 13.0 Å². The summed E-state index contributed by atoms with van der Waals surface area (Å²) in [6, 6.07) is 7.87. The maximum absolute atomic E-state index is 11.1. The lowest BCUT2D eigenvalue weighted by atomic mass is 10.1. The zero-order valence-corrected chi connectivity index (χ0v) is 9.76. The normalized spacial score (nSPS) is 24.5. The summed E-state index contributed by atoms with van der Waals surface area (Å²) in [5, 5.41) is 9.42. The minimum atomic E-state index is -0.655. The Bertz CT molecular complexity index is 402. The molecule has 0 aliphatic carbocycles. The van der Waals surface area contributed by atoms with E-state index >= 15 is 0 Å². The zero-order valence-electron chi connectivity index (χ0n) is 9.76. The van der Waals surface area contributed by atoms with Crippen LogP contribution in [-0.2, 0) is 20.9 Å². The Kier molecular flexibility index (Phi) is 3.76. The number of ether oxygens (including phenoxy) is 2. The van der Waals surface area contributed by atoms with E-state index < -0.39 is 18.4 Å². The van der Waals surface area contributed by atoms with Crippen molar-refractivity contribution >= 4 is 5.97 Å². The third-order valence-electron chi connectivity index (χ3n) is 2.82. The molecule has 0 amide bonds. The second-order valence-electron chi connectivity index (χ2n) is 4.25. The number of cyclic esters (lactones) is 1. The Hall–Kier alpha value is -1.39. The molecule has 4 nitrogen and oxygen atoms in total. The van der Waals surface area contributed by atoms with Gasteiger partial charge in [0.2, 0.25) is 6.29 Å². The fourth-order valence-corrected chi connectivity index (χ4v) is 1.80. The molecule has 4 heteroatoms. The van der Waals surface area contributed by atoms with Crippen molar-refractivity contribution in [2.75, 3.05) is 0 Å². The van der Waals surface area contributed by atoms with Crippen LogP contribution in [0.5, 0.6) is 0 Å². The van der Waals surface area contributed by atoms with Crippen LogP contribution in [0.15, 0.2) is 24.3 Å². The number of hydrogen-bond acceptors (Lipinski definition) is 4. The molecule has 2 atom stereocenters. The summed E-state index contributed by atoms with van der Waals surface area (Å²) in [5.74, 6) is -0.404. The summed E-state index contributed by atoms with van der Waals surface area (Å²) < 4.78 is 10.5. The van der Waals surface area contributed by atoms with Crippen molar-refractivity contribution in [1.82, 2.24) is 0 Å². The summed E-state index contributed by atoms with van der Waals surface area (Å²) in [5.41, 5.74) is 2.19. The largest absolute Gasteiger partial charge is 0.436 e. The molecular formula is C13H16O4. The van der Waals surface area contributed by atoms with E-state index in [1.165, 1.54) is 0 Å². The lowest BCUT2D eigenvalue weighted by molar-refractivity contribution is -0.202. The second kappa shape index (κ2) is 5.29. The summed E-state index contributed by atoms with van der Waals surface area (Å²) in [4.78, 5) is 11.1. The molecule has 1 aromatic rings. The van der Waals surface area contributed by atoms with Crippen LogP contribution in [0, 0.1) is 6.92 Å². The number of esters is 1. The van der Waals surface area contributed by atoms with Crippen molar-refractivity contribution < 1.29 is 19.4 Å². The highest BCUT2D eigenvalue weighted by Gasteiger charge is 2.27. The monoisotopic (exact) mass is 236 g/mol. The molecule has 0 radical (unpaired) electrons. The van der Waals surface area contributed by atoms with Crippen molar-refractivity contribution in [3.8, 4) is 0 Å². The molecule has 0 bridgehead atoms. The van der Waals surface area contributed by atoms with E-state index in [1.54, 1.807) is 0 Å². The van der Waals surface area contributed by atoms with Gasteiger partial charge in [-0.1, -0.05) is 24.3 Å². The van der Waals surface area contributed by atoms with Crippen molar-refractivity contribution in [2.45, 2.75) is 38.8 Å². The predicted octanol–water partition coefficient (Wildman–Crippen LogP) is 1.54. The van der Waals surface area contributed by atoms with Gasteiger partial charge in [0.25, 0.3) is 0 Å². The quantitative estimate of drug-likeness (QED) is 0.809. The molecule has 1 heterocycles. The molecule has 1 fully saturated rings. The highest BCUT2D eigenvalue weighted by atomic mass is 16.7. The SMILES string of the molecule is Cc1ccccc1CO[C@H]1C[C@H](O)CC(=O)O1. The number of aliphatic hydroxyl groups is 1. The Morgan fingerprint density at radius 1 is 1.47 bits per heavy atom. The van der Waals surface area contributed by atoms with E-state index in [0.717, 1.165) is 11.1 Å². The highest BCUT2D eigenvalue weighted by Crippen LogP contribution is 2.18. The molecule has 1 N–H and O–H groups in total. The average molecular weight is 236 g/mol. The van der Waals surface area contributed by atoms with Crippen molar-refractivity contribution in [3.63, 3.8) is 0 Å². The van der Waals surface area contributed by atoms with Gasteiger partial charge >= 0.3 is 5.97 Å². The fraction of sp³-hybridized carbons (Fsp3) is 0.462. The molecule has 92 valence electrons. The van der Waals surface area contributed by atoms with Crippen molar-refractivity contribution in [1.29, 1.82) is 0 Å². The zero-order chi connectivity index (χ0) is 12.3. The van der Waals surface area contributed by atoms with Crippen LogP contribution < -0.4 is 0 Å². The van der Waals surface area contributed by atoms with Gasteiger partial charge in [-0.3, -0.25) is 4.79 Å². The first-order valence-corrected chi connectivity index (χ1v) is 5.69. The Labute approximate surface area is 100 Å². The third-order valence-corrected chi connectivity index (χ3v) is 2.82. The summed E-state index contributed by atoms with van der Waals surface area (Å²) in [6.07, 6.45) is -0.883. The topological polar surface area (TPSA) is 55.8 Å². The van der Waals surface area contributed by atoms with Gasteiger partial charge in [-0.2, -0.15) is 0 Å². The smallest absolute Gasteiger partial charge is 0.310 e. The predicted molar refractivity (Wildman–Crippen MR) is 61.1 cm³/mol. The maximum Gasteiger partial charge on any atom is 0.310 e. The van der Waals surface area contributed by atoms with E-state index in [2.05, 4.69) is 0 Å². The third kappa shape index (κ3) is 3.28. The van der Waals surface area contributed by atoms with E-state index in [1.807, 2.05) is 31.2 Å². The van der Waals surface area contributed by atoms with Crippen molar-refractivity contribution in [3.05, 3.63) is 35.4 Å². The number of carbonyl (C=O) groups excluding carboxylic acids is 1. The van der Waals surface area contributed by atoms with Crippen LogP contribution in [-0.4, -0.2) is 23.5 Å². The Balaban J connectivity index is 1.90. The molecule has 1 aromatic carbocycles. The van der Waals surface area contributed by atoms with Crippen LogP contribution >= 0.6 is 0 Å². The molecule has 1 saturated heterocycles. The van der Waals surface area contributed by atoms with Crippen molar-refractivity contribution in [2.24, 2.45) is 0 Å². The Morgan fingerprint density at radius 2 is 2.24 bits per heavy atom. The molecule has 0 spiro atoms. The fourth-order valence-electron chi connectivity index (χ4n) is 1.80. The van der Waals surface area contributed by atoms with Gasteiger partial charge in [0.05, 0.1) is 19.1 Å². The van der Waals surface area contributed by atoms with Gasteiger partial charge in [-0.15, -0.1) is 0 Å². The molecule has 0 unspecified atom stereocenters. The van der Waals surface area contributed by atoms with Crippen LogP contribution in [0.25, 0.3) is 0 Å². The summed E-state index contributed by atoms with van der Waals surface area (Å²) >= 11 is 0. The Morgan fingerprint density at radius 3 is 2.94 bits per heavy atom. The van der Waals surface area contributed by atoms with Crippen LogP contribution in [0.2, 0.25) is 0 Å². The number of aryl methyl sites for hydroxylation is 1. The van der Waals surface area contributed by atoms with Gasteiger partial charge in [0.15, 0.2) is 0 Å². The van der Waals surface area contributed by atoms with Gasteiger partial charge in [0.1, 0.15) is 0 Å². The van der Waals surface area contributed by atoms with Crippen LogP contribution in [0.3, 0.4) is 0 Å². The number of rotatable bonds is 3. The number of benzene rings is 1. The van der Waals surface area contributed by atoms with Crippen LogP contribution in [0.1, 0.15) is 24.0 Å². The first-order valence-electron chi connectivity index (χ1n) is 5.69. The highest BCUT2D eigenvalue weighted by molar-refractivity contribution is 5.70. The lowest BCUT2D eigenvalue weighted by Crippen LogP contribution is -2.34. The number of aliphatic hydroxyl groups excluding tert-OH is 1. The van der Waals surface area contributed by atoms with Gasteiger partial charge in [-0.05, 0) is 18.1 Å². The second-order valence-corrected chi connectivity index (χ2v) is 4.25. The summed E-state index contributed by atoms with van der Waals surface area (Å²) in [7, 11) is 0. The molecular weight excluding hydrogens is 220 g/mol. The van der Waals surface area contributed by atoms with E-state index in [4.69, 9.17) is 9.47 Å². The number of carbonyl (C=O) groups is 1. The molecule has 0 aromatic heterocycles.